The number of furan rings is 1. The smallest absolute Gasteiger partial charge is 0.195 e. The van der Waals surface area contributed by atoms with Crippen LogP contribution in [0, 0.1) is 0 Å². The fourth-order valence-electron chi connectivity index (χ4n) is 2.56. The zero-order valence-electron chi connectivity index (χ0n) is 10.4. The predicted molar refractivity (Wildman–Crippen MR) is 68.9 cm³/mol. The molecule has 1 unspecified atom stereocenters. The number of fused-ring (bicyclic) bond motifs is 1. The molecule has 0 saturated carbocycles. The molecule has 0 radical (unpaired) electrons. The minimum atomic E-state index is -0.281. The summed E-state index contributed by atoms with van der Waals surface area (Å²) in [4.78, 5) is 12.5. The molecule has 0 bridgehead atoms. The van der Waals surface area contributed by atoms with Gasteiger partial charge in [0.2, 0.25) is 0 Å². The van der Waals surface area contributed by atoms with Gasteiger partial charge in [-0.1, -0.05) is 25.1 Å². The Hall–Kier alpha value is -1.61. The van der Waals surface area contributed by atoms with Crippen LogP contribution in [0.4, 0.5) is 0 Å². The van der Waals surface area contributed by atoms with Crippen LogP contribution in [0.1, 0.15) is 35.9 Å². The van der Waals surface area contributed by atoms with Gasteiger partial charge in [0.25, 0.3) is 0 Å². The number of para-hydroxylation sites is 1. The van der Waals surface area contributed by atoms with Gasteiger partial charge in [-0.2, -0.15) is 0 Å². The highest BCUT2D eigenvalue weighted by Gasteiger charge is 2.29. The number of carbonyl (C=O) groups is 1. The van der Waals surface area contributed by atoms with E-state index in [1.807, 2.05) is 31.2 Å². The van der Waals surface area contributed by atoms with Crippen LogP contribution in [0.15, 0.2) is 28.7 Å². The molecular weight excluding hydrogens is 228 g/mol. The third-order valence-corrected chi connectivity index (χ3v) is 3.46. The molecule has 1 aromatic carbocycles. The molecule has 3 heteroatoms. The van der Waals surface area contributed by atoms with E-state index < -0.39 is 0 Å². The molecule has 1 aliphatic rings. The van der Waals surface area contributed by atoms with Crippen LogP contribution in [0.2, 0.25) is 0 Å². The zero-order chi connectivity index (χ0) is 12.5. The van der Waals surface area contributed by atoms with Crippen LogP contribution >= 0.6 is 0 Å². The SMILES string of the molecule is CCc1oc2ccccc2c1C(=O)C1CCCO1. The van der Waals surface area contributed by atoms with Crippen LogP contribution in [0.25, 0.3) is 11.0 Å². The molecule has 3 nitrogen and oxygen atoms in total. The van der Waals surface area contributed by atoms with Crippen LogP contribution in [-0.2, 0) is 11.2 Å². The number of hydrogen-bond donors (Lipinski definition) is 0. The Balaban J connectivity index is 2.11. The van der Waals surface area contributed by atoms with Crippen molar-refractivity contribution in [3.8, 4) is 0 Å². The third-order valence-electron chi connectivity index (χ3n) is 3.46. The lowest BCUT2D eigenvalue weighted by atomic mass is 10.00. The van der Waals surface area contributed by atoms with Crippen molar-refractivity contribution < 1.29 is 13.9 Å². The van der Waals surface area contributed by atoms with Gasteiger partial charge in [0.1, 0.15) is 17.4 Å². The Morgan fingerprint density at radius 3 is 2.94 bits per heavy atom. The van der Waals surface area contributed by atoms with E-state index in [2.05, 4.69) is 0 Å². The number of ketones is 1. The first kappa shape index (κ1) is 11.5. The van der Waals surface area contributed by atoms with Gasteiger partial charge in [0.15, 0.2) is 5.78 Å². The van der Waals surface area contributed by atoms with Crippen LogP contribution in [-0.4, -0.2) is 18.5 Å². The molecule has 0 N–H and O–H groups in total. The molecule has 3 rings (SSSR count). The predicted octanol–water partition coefficient (Wildman–Crippen LogP) is 3.36. The standard InChI is InChI=1S/C15H16O3/c1-2-11-14(15(16)13-8-5-9-17-13)10-6-3-4-7-12(10)18-11/h3-4,6-7,13H,2,5,8-9H2,1H3. The highest BCUT2D eigenvalue weighted by Crippen LogP contribution is 2.29. The van der Waals surface area contributed by atoms with Crippen molar-refractivity contribution in [2.45, 2.75) is 32.3 Å². The summed E-state index contributed by atoms with van der Waals surface area (Å²) in [7, 11) is 0. The minimum absolute atomic E-state index is 0.0781. The van der Waals surface area contributed by atoms with Crippen molar-refractivity contribution in [3.63, 3.8) is 0 Å². The first-order valence-corrected chi connectivity index (χ1v) is 6.47. The average molecular weight is 244 g/mol. The second kappa shape index (κ2) is 4.58. The Bertz CT molecular complexity index is 576. The van der Waals surface area contributed by atoms with Gasteiger partial charge in [-0.25, -0.2) is 0 Å². The fourth-order valence-corrected chi connectivity index (χ4v) is 2.56. The van der Waals surface area contributed by atoms with E-state index in [-0.39, 0.29) is 11.9 Å². The molecular formula is C15H16O3. The Kier molecular flexibility index (Phi) is 2.92. The van der Waals surface area contributed by atoms with Gasteiger partial charge in [0, 0.05) is 18.4 Å². The lowest BCUT2D eigenvalue weighted by Gasteiger charge is -2.07. The third kappa shape index (κ3) is 1.75. The second-order valence-corrected chi connectivity index (χ2v) is 4.62. The van der Waals surface area contributed by atoms with Crippen molar-refractivity contribution in [2.24, 2.45) is 0 Å². The van der Waals surface area contributed by atoms with Gasteiger partial charge in [0.05, 0.1) is 5.56 Å². The summed E-state index contributed by atoms with van der Waals surface area (Å²) in [5.74, 6) is 0.853. The summed E-state index contributed by atoms with van der Waals surface area (Å²) >= 11 is 0. The summed E-state index contributed by atoms with van der Waals surface area (Å²) in [6.07, 6.45) is 2.23. The normalized spacial score (nSPS) is 19.5. The lowest BCUT2D eigenvalue weighted by Crippen LogP contribution is -2.20. The summed E-state index contributed by atoms with van der Waals surface area (Å²) in [6, 6.07) is 7.70. The molecule has 1 aliphatic heterocycles. The Labute approximate surface area is 106 Å². The number of rotatable bonds is 3. The van der Waals surface area contributed by atoms with Crippen molar-refractivity contribution in [3.05, 3.63) is 35.6 Å². The number of Topliss-reactive ketones (excluding diaryl/α,β-unsaturated/α-hetero) is 1. The van der Waals surface area contributed by atoms with E-state index in [0.29, 0.717) is 6.61 Å². The van der Waals surface area contributed by atoms with Gasteiger partial charge in [-0.3, -0.25) is 4.79 Å². The molecule has 1 saturated heterocycles. The van der Waals surface area contributed by atoms with E-state index in [1.54, 1.807) is 0 Å². The van der Waals surface area contributed by atoms with Crippen LogP contribution in [0.5, 0.6) is 0 Å². The van der Waals surface area contributed by atoms with Gasteiger partial charge in [-0.05, 0) is 18.9 Å². The summed E-state index contributed by atoms with van der Waals surface area (Å²) in [6.45, 7) is 2.69. The molecule has 0 aliphatic carbocycles. The topological polar surface area (TPSA) is 39.4 Å². The molecule has 18 heavy (non-hydrogen) atoms. The number of ether oxygens (including phenoxy) is 1. The summed E-state index contributed by atoms with van der Waals surface area (Å²) in [5, 5.41) is 0.912. The van der Waals surface area contributed by atoms with E-state index in [0.717, 1.165) is 41.6 Å². The maximum atomic E-state index is 12.5. The number of carbonyl (C=O) groups excluding carboxylic acids is 1. The molecule has 1 aromatic heterocycles. The van der Waals surface area contributed by atoms with E-state index >= 15 is 0 Å². The zero-order valence-corrected chi connectivity index (χ0v) is 10.4. The summed E-state index contributed by atoms with van der Waals surface area (Å²) in [5.41, 5.74) is 1.51. The second-order valence-electron chi connectivity index (χ2n) is 4.62. The van der Waals surface area contributed by atoms with E-state index in [9.17, 15) is 4.79 Å². The molecule has 0 spiro atoms. The van der Waals surface area contributed by atoms with Crippen LogP contribution < -0.4 is 0 Å². The number of benzene rings is 1. The minimum Gasteiger partial charge on any atom is -0.460 e. The first-order chi connectivity index (χ1) is 8.81. The lowest BCUT2D eigenvalue weighted by molar-refractivity contribution is 0.0642. The highest BCUT2D eigenvalue weighted by molar-refractivity contribution is 6.10. The van der Waals surface area contributed by atoms with E-state index in [1.165, 1.54) is 0 Å². The van der Waals surface area contributed by atoms with Gasteiger partial charge in [-0.15, -0.1) is 0 Å². The fraction of sp³-hybridized carbons (Fsp3) is 0.400. The first-order valence-electron chi connectivity index (χ1n) is 6.47. The van der Waals surface area contributed by atoms with Gasteiger partial charge >= 0.3 is 0 Å². The largest absolute Gasteiger partial charge is 0.460 e. The molecule has 1 atom stereocenters. The maximum absolute atomic E-state index is 12.5. The molecule has 0 amide bonds. The Morgan fingerprint density at radius 1 is 1.39 bits per heavy atom. The molecule has 1 fully saturated rings. The van der Waals surface area contributed by atoms with Crippen molar-refractivity contribution >= 4 is 16.8 Å². The summed E-state index contributed by atoms with van der Waals surface area (Å²) < 4.78 is 11.2. The molecule has 2 heterocycles. The quantitative estimate of drug-likeness (QED) is 0.777. The van der Waals surface area contributed by atoms with Crippen LogP contribution in [0.3, 0.4) is 0 Å². The molecule has 94 valence electrons. The average Bonchev–Trinajstić information content (AvgIpc) is 3.04. The van der Waals surface area contributed by atoms with E-state index in [4.69, 9.17) is 9.15 Å². The van der Waals surface area contributed by atoms with Crippen molar-refractivity contribution in [1.82, 2.24) is 0 Å². The number of hydrogen-bond acceptors (Lipinski definition) is 3. The van der Waals surface area contributed by atoms with Crippen molar-refractivity contribution in [2.75, 3.05) is 6.61 Å². The van der Waals surface area contributed by atoms with Crippen molar-refractivity contribution in [1.29, 1.82) is 0 Å². The highest BCUT2D eigenvalue weighted by atomic mass is 16.5. The maximum Gasteiger partial charge on any atom is 0.195 e. The Morgan fingerprint density at radius 2 is 2.22 bits per heavy atom. The van der Waals surface area contributed by atoms with Gasteiger partial charge < -0.3 is 9.15 Å². The number of aryl methyl sites for hydroxylation is 1. The molecule has 2 aromatic rings. The monoisotopic (exact) mass is 244 g/mol.